The van der Waals surface area contributed by atoms with Crippen molar-refractivity contribution >= 4 is 15.9 Å². The van der Waals surface area contributed by atoms with Crippen molar-refractivity contribution in [3.05, 3.63) is 53.6 Å². The molecule has 0 saturated carbocycles. The lowest BCUT2D eigenvalue weighted by Gasteiger charge is -2.19. The predicted molar refractivity (Wildman–Crippen MR) is 112 cm³/mol. The average Bonchev–Trinajstić information content (AvgIpc) is 2.71. The van der Waals surface area contributed by atoms with Gasteiger partial charge in [0.25, 0.3) is 5.91 Å². The van der Waals surface area contributed by atoms with Crippen LogP contribution in [0.2, 0.25) is 0 Å². The van der Waals surface area contributed by atoms with Gasteiger partial charge in [0, 0.05) is 12.1 Å². The van der Waals surface area contributed by atoms with E-state index in [0.717, 1.165) is 5.56 Å². The number of hydrogen-bond donors (Lipinski definition) is 2. The van der Waals surface area contributed by atoms with Crippen molar-refractivity contribution in [3.63, 3.8) is 0 Å². The molecule has 0 aliphatic carbocycles. The van der Waals surface area contributed by atoms with Crippen LogP contribution >= 0.6 is 0 Å². The zero-order valence-corrected chi connectivity index (χ0v) is 18.2. The molecular formula is C21H28N2O5S. The first-order valence-corrected chi connectivity index (χ1v) is 10.8. The monoisotopic (exact) mass is 420 g/mol. The maximum atomic E-state index is 13.0. The number of rotatable bonds is 9. The summed E-state index contributed by atoms with van der Waals surface area (Å²) in [5.41, 5.74) is 0.990. The molecule has 0 spiro atoms. The first-order valence-electron chi connectivity index (χ1n) is 9.37. The highest BCUT2D eigenvalue weighted by molar-refractivity contribution is 7.89. The van der Waals surface area contributed by atoms with Crippen LogP contribution in [0.5, 0.6) is 11.5 Å². The third kappa shape index (κ3) is 5.71. The van der Waals surface area contributed by atoms with Gasteiger partial charge in [0.2, 0.25) is 10.0 Å². The molecular weight excluding hydrogens is 392 g/mol. The van der Waals surface area contributed by atoms with Gasteiger partial charge in [0.1, 0.15) is 11.5 Å². The van der Waals surface area contributed by atoms with Crippen molar-refractivity contribution in [1.29, 1.82) is 0 Å². The van der Waals surface area contributed by atoms with E-state index < -0.39 is 22.0 Å². The maximum Gasteiger partial charge on any atom is 0.255 e. The molecule has 2 aromatic carbocycles. The molecule has 0 aliphatic heterocycles. The molecule has 29 heavy (non-hydrogen) atoms. The van der Waals surface area contributed by atoms with E-state index in [9.17, 15) is 13.2 Å². The molecule has 0 heterocycles. The standard InChI is InChI=1S/C21H28N2O5S/c1-6-19(15-7-9-16(27-4)10-8-15)23-29(25,26)17-11-12-20(28-5)18(13-17)21(24)22-14(2)3/h7-14,19,23H,6H2,1-5H3,(H,22,24)/t19-/m1/s1. The number of carbonyl (C=O) groups is 1. The lowest BCUT2D eigenvalue weighted by Crippen LogP contribution is -2.31. The van der Waals surface area contributed by atoms with E-state index in [1.807, 2.05) is 32.9 Å². The summed E-state index contributed by atoms with van der Waals surface area (Å²) in [6.07, 6.45) is 0.558. The van der Waals surface area contributed by atoms with E-state index in [1.54, 1.807) is 19.2 Å². The van der Waals surface area contributed by atoms with Crippen LogP contribution in [0.4, 0.5) is 0 Å². The number of ether oxygens (including phenoxy) is 2. The number of hydrogen-bond acceptors (Lipinski definition) is 5. The SMILES string of the molecule is CC[C@@H](NS(=O)(=O)c1ccc(OC)c(C(=O)NC(C)C)c1)c1ccc(OC)cc1. The Morgan fingerprint density at radius 1 is 1.03 bits per heavy atom. The summed E-state index contributed by atoms with van der Waals surface area (Å²) in [5, 5.41) is 2.76. The van der Waals surface area contributed by atoms with E-state index in [-0.39, 0.29) is 16.5 Å². The van der Waals surface area contributed by atoms with Crippen LogP contribution in [0.25, 0.3) is 0 Å². The third-order valence-corrected chi connectivity index (χ3v) is 5.84. The van der Waals surface area contributed by atoms with E-state index in [1.165, 1.54) is 25.3 Å². The number of amides is 1. The molecule has 2 N–H and O–H groups in total. The minimum atomic E-state index is -3.86. The first kappa shape index (κ1) is 22.7. The highest BCUT2D eigenvalue weighted by Gasteiger charge is 2.23. The third-order valence-electron chi connectivity index (χ3n) is 4.37. The molecule has 1 amide bonds. The number of carbonyl (C=O) groups excluding carboxylic acids is 1. The summed E-state index contributed by atoms with van der Waals surface area (Å²) in [7, 11) is -0.851. The van der Waals surface area contributed by atoms with Crippen molar-refractivity contribution in [2.75, 3.05) is 14.2 Å². The maximum absolute atomic E-state index is 13.0. The van der Waals surface area contributed by atoms with Gasteiger partial charge in [0.15, 0.2) is 0 Å². The second-order valence-corrected chi connectivity index (χ2v) is 8.56. The molecule has 0 bridgehead atoms. The molecule has 0 aliphatic rings. The van der Waals surface area contributed by atoms with E-state index in [2.05, 4.69) is 10.0 Å². The number of methoxy groups -OCH3 is 2. The smallest absolute Gasteiger partial charge is 0.255 e. The fourth-order valence-corrected chi connectivity index (χ4v) is 4.18. The van der Waals surface area contributed by atoms with Crippen LogP contribution in [0.1, 0.15) is 49.2 Å². The average molecular weight is 421 g/mol. The van der Waals surface area contributed by atoms with Gasteiger partial charge in [-0.2, -0.15) is 0 Å². The van der Waals surface area contributed by atoms with Crippen LogP contribution in [-0.2, 0) is 10.0 Å². The van der Waals surface area contributed by atoms with Gasteiger partial charge in [-0.3, -0.25) is 4.79 Å². The van der Waals surface area contributed by atoms with Crippen molar-refractivity contribution in [2.45, 2.75) is 44.2 Å². The summed E-state index contributed by atoms with van der Waals surface area (Å²) in [4.78, 5) is 12.5. The molecule has 1 atom stereocenters. The molecule has 0 unspecified atom stereocenters. The van der Waals surface area contributed by atoms with Crippen LogP contribution < -0.4 is 19.5 Å². The number of sulfonamides is 1. The van der Waals surface area contributed by atoms with Gasteiger partial charge in [0.05, 0.1) is 24.7 Å². The van der Waals surface area contributed by atoms with Crippen molar-refractivity contribution in [3.8, 4) is 11.5 Å². The molecule has 2 rings (SSSR count). The zero-order valence-electron chi connectivity index (χ0n) is 17.4. The van der Waals surface area contributed by atoms with Gasteiger partial charge in [-0.15, -0.1) is 0 Å². The Hall–Kier alpha value is -2.58. The van der Waals surface area contributed by atoms with Crippen LogP contribution in [0.3, 0.4) is 0 Å². The fourth-order valence-electron chi connectivity index (χ4n) is 2.85. The second kappa shape index (κ2) is 9.76. The highest BCUT2D eigenvalue weighted by Crippen LogP contribution is 2.26. The topological polar surface area (TPSA) is 93.7 Å². The van der Waals surface area contributed by atoms with Gasteiger partial charge in [-0.1, -0.05) is 19.1 Å². The zero-order chi connectivity index (χ0) is 21.6. The second-order valence-electron chi connectivity index (χ2n) is 6.85. The Morgan fingerprint density at radius 2 is 1.69 bits per heavy atom. The summed E-state index contributed by atoms with van der Waals surface area (Å²) < 4.78 is 39.1. The molecule has 8 heteroatoms. The predicted octanol–water partition coefficient (Wildman–Crippen LogP) is 3.27. The highest BCUT2D eigenvalue weighted by atomic mass is 32.2. The minimum absolute atomic E-state index is 0.000771. The van der Waals surface area contributed by atoms with Crippen LogP contribution in [0, 0.1) is 0 Å². The summed E-state index contributed by atoms with van der Waals surface area (Å²) >= 11 is 0. The summed E-state index contributed by atoms with van der Waals surface area (Å²) in [6.45, 7) is 5.55. The Kier molecular flexibility index (Phi) is 7.64. The Labute approximate surface area is 172 Å². The fraction of sp³-hybridized carbons (Fsp3) is 0.381. The van der Waals surface area contributed by atoms with Gasteiger partial charge in [-0.25, -0.2) is 13.1 Å². The first-order chi connectivity index (χ1) is 13.7. The largest absolute Gasteiger partial charge is 0.497 e. The van der Waals surface area contributed by atoms with Crippen molar-refractivity contribution < 1.29 is 22.7 Å². The number of benzene rings is 2. The Balaban J connectivity index is 2.34. The molecule has 0 radical (unpaired) electrons. The quantitative estimate of drug-likeness (QED) is 0.649. The molecule has 0 fully saturated rings. The Morgan fingerprint density at radius 3 is 2.21 bits per heavy atom. The van der Waals surface area contributed by atoms with Crippen molar-refractivity contribution in [2.24, 2.45) is 0 Å². The summed E-state index contributed by atoms with van der Waals surface area (Å²) in [5.74, 6) is 0.614. The van der Waals surface area contributed by atoms with E-state index in [4.69, 9.17) is 9.47 Å². The lowest BCUT2D eigenvalue weighted by atomic mass is 10.1. The molecule has 0 saturated heterocycles. The molecule has 7 nitrogen and oxygen atoms in total. The van der Waals surface area contributed by atoms with Crippen LogP contribution in [-0.4, -0.2) is 34.6 Å². The van der Waals surface area contributed by atoms with Crippen molar-refractivity contribution in [1.82, 2.24) is 10.0 Å². The number of nitrogens with one attached hydrogen (secondary N) is 2. The normalized spacial score (nSPS) is 12.5. The summed E-state index contributed by atoms with van der Waals surface area (Å²) in [6, 6.07) is 11.0. The van der Waals surface area contributed by atoms with Gasteiger partial charge >= 0.3 is 0 Å². The Bertz CT molecular complexity index is 940. The lowest BCUT2D eigenvalue weighted by molar-refractivity contribution is 0.0940. The molecule has 2 aromatic rings. The molecule has 158 valence electrons. The van der Waals surface area contributed by atoms with E-state index in [0.29, 0.717) is 17.9 Å². The van der Waals surface area contributed by atoms with E-state index >= 15 is 0 Å². The van der Waals surface area contributed by atoms with Gasteiger partial charge < -0.3 is 14.8 Å². The minimum Gasteiger partial charge on any atom is -0.497 e. The van der Waals surface area contributed by atoms with Gasteiger partial charge in [-0.05, 0) is 56.2 Å². The van der Waals surface area contributed by atoms with Crippen LogP contribution in [0.15, 0.2) is 47.4 Å². The molecule has 0 aromatic heterocycles.